The monoisotopic (exact) mass is 263 g/mol. The Morgan fingerprint density at radius 2 is 2.00 bits per heavy atom. The molecule has 0 aliphatic rings. The van der Waals surface area contributed by atoms with Gasteiger partial charge in [-0.15, -0.1) is 0 Å². The molecule has 0 aliphatic heterocycles. The Morgan fingerprint density at radius 1 is 1.33 bits per heavy atom. The third-order valence-electron chi connectivity index (χ3n) is 2.72. The summed E-state index contributed by atoms with van der Waals surface area (Å²) in [5.41, 5.74) is 2.34. The van der Waals surface area contributed by atoms with Crippen LogP contribution in [0.25, 0.3) is 0 Å². The highest BCUT2D eigenvalue weighted by molar-refractivity contribution is 6.33. The second-order valence-corrected chi connectivity index (χ2v) is 4.35. The molecule has 0 saturated carbocycles. The molecular formula is C13H14ClN3O. The van der Waals surface area contributed by atoms with Crippen LogP contribution in [0.15, 0.2) is 35.3 Å². The highest BCUT2D eigenvalue weighted by Crippen LogP contribution is 2.21. The number of benzene rings is 1. The fraction of sp³-hybridized carbons (Fsp3) is 0.231. The average Bonchev–Trinajstić information content (AvgIpc) is 2.40. The quantitative estimate of drug-likeness (QED) is 0.926. The molecule has 2 aromatic rings. The van der Waals surface area contributed by atoms with Gasteiger partial charge in [0.2, 0.25) is 0 Å². The first-order valence-corrected chi connectivity index (χ1v) is 6.07. The summed E-state index contributed by atoms with van der Waals surface area (Å²) >= 11 is 5.97. The van der Waals surface area contributed by atoms with Gasteiger partial charge in [-0.3, -0.25) is 4.79 Å². The summed E-state index contributed by atoms with van der Waals surface area (Å²) in [5, 5.41) is 7.16. The predicted octanol–water partition coefficient (Wildman–Crippen LogP) is 2.74. The minimum absolute atomic E-state index is 0.145. The zero-order chi connectivity index (χ0) is 13.1. The molecule has 0 atom stereocenters. The highest BCUT2D eigenvalue weighted by Gasteiger charge is 2.07. The molecular weight excluding hydrogens is 250 g/mol. The van der Waals surface area contributed by atoms with Crippen molar-refractivity contribution in [2.24, 2.45) is 7.05 Å². The van der Waals surface area contributed by atoms with Gasteiger partial charge in [0.15, 0.2) is 0 Å². The molecule has 2 rings (SSSR count). The van der Waals surface area contributed by atoms with E-state index in [2.05, 4.69) is 17.3 Å². The number of hydrogen-bond acceptors (Lipinski definition) is 3. The maximum atomic E-state index is 11.6. The van der Waals surface area contributed by atoms with E-state index in [1.807, 2.05) is 24.3 Å². The lowest BCUT2D eigenvalue weighted by molar-refractivity contribution is 0.709. The van der Waals surface area contributed by atoms with Crippen molar-refractivity contribution in [2.45, 2.75) is 13.3 Å². The van der Waals surface area contributed by atoms with E-state index in [1.165, 1.54) is 16.4 Å². The number of rotatable bonds is 3. The van der Waals surface area contributed by atoms with E-state index in [0.29, 0.717) is 5.69 Å². The first-order valence-electron chi connectivity index (χ1n) is 5.69. The number of hydrogen-bond donors (Lipinski definition) is 1. The van der Waals surface area contributed by atoms with E-state index in [0.717, 1.165) is 12.1 Å². The van der Waals surface area contributed by atoms with E-state index >= 15 is 0 Å². The molecule has 0 unspecified atom stereocenters. The topological polar surface area (TPSA) is 46.9 Å². The molecule has 0 radical (unpaired) electrons. The molecule has 1 aromatic carbocycles. The third-order valence-corrected chi connectivity index (χ3v) is 3.08. The summed E-state index contributed by atoms with van der Waals surface area (Å²) in [5.74, 6) is 0. The molecule has 5 heteroatoms. The normalized spacial score (nSPS) is 10.4. The van der Waals surface area contributed by atoms with Gasteiger partial charge in [0, 0.05) is 12.7 Å². The Morgan fingerprint density at radius 3 is 2.61 bits per heavy atom. The zero-order valence-electron chi connectivity index (χ0n) is 10.3. The standard InChI is InChI=1S/C13H14ClN3O/c1-3-9-4-6-10(7-5-9)16-11-8-15-17(2)13(18)12(11)14/h4-8,16H,3H2,1-2H3. The number of aromatic nitrogens is 2. The second-order valence-electron chi connectivity index (χ2n) is 3.98. The maximum absolute atomic E-state index is 11.6. The van der Waals surface area contributed by atoms with E-state index < -0.39 is 0 Å². The van der Waals surface area contributed by atoms with E-state index in [1.54, 1.807) is 7.05 Å². The molecule has 1 heterocycles. The van der Waals surface area contributed by atoms with Crippen LogP contribution >= 0.6 is 11.6 Å². The van der Waals surface area contributed by atoms with Crippen molar-refractivity contribution in [3.05, 3.63) is 51.4 Å². The fourth-order valence-corrected chi connectivity index (χ4v) is 1.80. The smallest absolute Gasteiger partial charge is 0.287 e. The van der Waals surface area contributed by atoms with Crippen molar-refractivity contribution in [2.75, 3.05) is 5.32 Å². The van der Waals surface area contributed by atoms with Crippen molar-refractivity contribution in [3.8, 4) is 0 Å². The summed E-state index contributed by atoms with van der Waals surface area (Å²) in [6.07, 6.45) is 2.53. The molecule has 0 aliphatic carbocycles. The molecule has 1 N–H and O–H groups in total. The summed E-state index contributed by atoms with van der Waals surface area (Å²) in [6, 6.07) is 7.97. The van der Waals surface area contributed by atoms with Crippen molar-refractivity contribution < 1.29 is 0 Å². The molecule has 0 saturated heterocycles. The van der Waals surface area contributed by atoms with Crippen LogP contribution in [-0.2, 0) is 13.5 Å². The number of aryl methyl sites for hydroxylation is 2. The van der Waals surface area contributed by atoms with Crippen LogP contribution in [0.1, 0.15) is 12.5 Å². The highest BCUT2D eigenvalue weighted by atomic mass is 35.5. The van der Waals surface area contributed by atoms with Crippen LogP contribution in [0.2, 0.25) is 5.02 Å². The lowest BCUT2D eigenvalue weighted by Crippen LogP contribution is -2.20. The van der Waals surface area contributed by atoms with Crippen LogP contribution in [-0.4, -0.2) is 9.78 Å². The predicted molar refractivity (Wildman–Crippen MR) is 73.6 cm³/mol. The first-order chi connectivity index (χ1) is 8.61. The van der Waals surface area contributed by atoms with Gasteiger partial charge < -0.3 is 5.32 Å². The lowest BCUT2D eigenvalue weighted by Gasteiger charge is -2.08. The molecule has 18 heavy (non-hydrogen) atoms. The van der Waals surface area contributed by atoms with Crippen molar-refractivity contribution in [3.63, 3.8) is 0 Å². The second kappa shape index (κ2) is 5.23. The fourth-order valence-electron chi connectivity index (χ4n) is 1.58. The van der Waals surface area contributed by atoms with Gasteiger partial charge in [-0.2, -0.15) is 5.10 Å². The maximum Gasteiger partial charge on any atom is 0.287 e. The van der Waals surface area contributed by atoms with Crippen LogP contribution in [0, 0.1) is 0 Å². The summed E-state index contributed by atoms with van der Waals surface area (Å²) in [6.45, 7) is 2.10. The van der Waals surface area contributed by atoms with Gasteiger partial charge in [0.1, 0.15) is 5.02 Å². The van der Waals surface area contributed by atoms with Crippen LogP contribution < -0.4 is 10.9 Å². The zero-order valence-corrected chi connectivity index (χ0v) is 11.0. The summed E-state index contributed by atoms with van der Waals surface area (Å²) in [7, 11) is 1.56. The van der Waals surface area contributed by atoms with Gasteiger partial charge >= 0.3 is 0 Å². The summed E-state index contributed by atoms with van der Waals surface area (Å²) in [4.78, 5) is 11.6. The molecule has 4 nitrogen and oxygen atoms in total. The Kier molecular flexibility index (Phi) is 3.67. The van der Waals surface area contributed by atoms with Crippen molar-refractivity contribution in [1.29, 1.82) is 0 Å². The van der Waals surface area contributed by atoms with E-state index in [4.69, 9.17) is 11.6 Å². The molecule has 0 bridgehead atoms. The van der Waals surface area contributed by atoms with E-state index in [-0.39, 0.29) is 10.6 Å². The number of anilines is 2. The van der Waals surface area contributed by atoms with Gasteiger partial charge in [-0.05, 0) is 24.1 Å². The third kappa shape index (κ3) is 2.54. The van der Waals surface area contributed by atoms with Crippen LogP contribution in [0.4, 0.5) is 11.4 Å². The molecule has 1 aromatic heterocycles. The number of halogens is 1. The number of nitrogens with zero attached hydrogens (tertiary/aromatic N) is 2. The Bertz CT molecular complexity index is 605. The van der Waals surface area contributed by atoms with Gasteiger partial charge in [-0.1, -0.05) is 30.7 Å². The molecule has 0 amide bonds. The number of nitrogens with one attached hydrogen (secondary N) is 1. The Balaban J connectivity index is 2.28. The van der Waals surface area contributed by atoms with Gasteiger partial charge in [0.25, 0.3) is 5.56 Å². The van der Waals surface area contributed by atoms with Crippen molar-refractivity contribution in [1.82, 2.24) is 9.78 Å². The van der Waals surface area contributed by atoms with Gasteiger partial charge in [-0.25, -0.2) is 4.68 Å². The average molecular weight is 264 g/mol. The first kappa shape index (κ1) is 12.6. The minimum atomic E-state index is -0.313. The minimum Gasteiger partial charge on any atom is -0.353 e. The summed E-state index contributed by atoms with van der Waals surface area (Å²) < 4.78 is 1.20. The molecule has 0 spiro atoms. The van der Waals surface area contributed by atoms with Gasteiger partial charge in [0.05, 0.1) is 11.9 Å². The lowest BCUT2D eigenvalue weighted by atomic mass is 10.1. The van der Waals surface area contributed by atoms with E-state index in [9.17, 15) is 4.79 Å². The Labute approximate surface area is 110 Å². The van der Waals surface area contributed by atoms with Crippen LogP contribution in [0.3, 0.4) is 0 Å². The van der Waals surface area contributed by atoms with Crippen molar-refractivity contribution >= 4 is 23.0 Å². The largest absolute Gasteiger partial charge is 0.353 e. The van der Waals surface area contributed by atoms with Crippen LogP contribution in [0.5, 0.6) is 0 Å². The Hall–Kier alpha value is -1.81. The molecule has 94 valence electrons. The SMILES string of the molecule is CCc1ccc(Nc2cnn(C)c(=O)c2Cl)cc1. The molecule has 0 fully saturated rings.